The number of nitrogens with one attached hydrogen (secondary N) is 1. The molecule has 1 fully saturated rings. The van der Waals surface area contributed by atoms with Gasteiger partial charge in [0.1, 0.15) is 6.07 Å². The van der Waals surface area contributed by atoms with Gasteiger partial charge in [-0.3, -0.25) is 4.57 Å². The third-order valence-corrected chi connectivity index (χ3v) is 4.67. The van der Waals surface area contributed by atoms with Crippen LogP contribution in [0.15, 0.2) is 35.5 Å². The van der Waals surface area contributed by atoms with E-state index in [9.17, 15) is 10.1 Å². The van der Waals surface area contributed by atoms with Crippen molar-refractivity contribution in [2.24, 2.45) is 5.92 Å². The van der Waals surface area contributed by atoms with E-state index < -0.39 is 0 Å². The minimum Gasteiger partial charge on any atom is -0.354 e. The Morgan fingerprint density at radius 2 is 2.00 bits per heavy atom. The summed E-state index contributed by atoms with van der Waals surface area (Å²) in [6, 6.07) is 5.77. The van der Waals surface area contributed by atoms with Crippen molar-refractivity contribution in [2.45, 2.75) is 19.4 Å². The van der Waals surface area contributed by atoms with Crippen LogP contribution in [0.2, 0.25) is 0 Å². The summed E-state index contributed by atoms with van der Waals surface area (Å²) in [6.07, 6.45) is 6.69. The number of H-pyrrole nitrogens is 1. The first kappa shape index (κ1) is 15.3. The van der Waals surface area contributed by atoms with Crippen molar-refractivity contribution in [1.29, 1.82) is 5.26 Å². The first-order valence-electron chi connectivity index (χ1n) is 8.26. The number of anilines is 1. The zero-order valence-corrected chi connectivity index (χ0v) is 13.6. The molecule has 126 valence electrons. The van der Waals surface area contributed by atoms with E-state index in [2.05, 4.69) is 30.9 Å². The van der Waals surface area contributed by atoms with Crippen molar-refractivity contribution in [3.8, 4) is 6.07 Å². The summed E-state index contributed by atoms with van der Waals surface area (Å²) in [7, 11) is 0. The molecule has 0 aromatic carbocycles. The van der Waals surface area contributed by atoms with Crippen LogP contribution in [-0.4, -0.2) is 37.6 Å². The number of aromatic nitrogens is 5. The number of nitriles is 1. The molecule has 3 aromatic heterocycles. The molecule has 3 aromatic rings. The fourth-order valence-corrected chi connectivity index (χ4v) is 3.38. The molecule has 0 aliphatic carbocycles. The molecular formula is C17H17N7O. The van der Waals surface area contributed by atoms with E-state index in [0.717, 1.165) is 31.4 Å². The third kappa shape index (κ3) is 2.85. The number of fused-ring (bicyclic) bond motifs is 1. The SMILES string of the molecule is N#Cc1nccnc1N1CCC(Cn2c(=O)[nH]c3cccnc32)CC1. The maximum atomic E-state index is 12.2. The molecule has 0 spiro atoms. The zero-order valence-electron chi connectivity index (χ0n) is 13.6. The molecule has 1 N–H and O–H groups in total. The topological polar surface area (TPSA) is 103 Å². The van der Waals surface area contributed by atoms with Crippen LogP contribution in [0.25, 0.3) is 11.2 Å². The van der Waals surface area contributed by atoms with Crippen LogP contribution in [-0.2, 0) is 6.54 Å². The highest BCUT2D eigenvalue weighted by Crippen LogP contribution is 2.24. The van der Waals surface area contributed by atoms with Gasteiger partial charge in [-0.1, -0.05) is 0 Å². The fourth-order valence-electron chi connectivity index (χ4n) is 3.38. The smallest absolute Gasteiger partial charge is 0.327 e. The molecule has 0 radical (unpaired) electrons. The Bertz CT molecular complexity index is 992. The zero-order chi connectivity index (χ0) is 17.2. The predicted molar refractivity (Wildman–Crippen MR) is 92.0 cm³/mol. The van der Waals surface area contributed by atoms with Gasteiger partial charge < -0.3 is 9.88 Å². The van der Waals surface area contributed by atoms with Gasteiger partial charge in [-0.15, -0.1) is 0 Å². The summed E-state index contributed by atoms with van der Waals surface area (Å²) >= 11 is 0. The van der Waals surface area contributed by atoms with E-state index in [0.29, 0.717) is 29.6 Å². The van der Waals surface area contributed by atoms with Crippen LogP contribution in [0.3, 0.4) is 0 Å². The number of nitrogens with zero attached hydrogens (tertiary/aromatic N) is 6. The molecule has 25 heavy (non-hydrogen) atoms. The minimum atomic E-state index is -0.114. The van der Waals surface area contributed by atoms with Crippen LogP contribution in [0.4, 0.5) is 5.82 Å². The summed E-state index contributed by atoms with van der Waals surface area (Å²) in [5.74, 6) is 1.03. The standard InChI is InChI=1S/C17H17N7O/c18-10-14-15(21-7-6-19-14)23-8-3-12(4-9-23)11-24-16-13(22-17(24)25)2-1-5-20-16/h1-2,5-7,12H,3-4,8-9,11H2,(H,22,25). The second-order valence-corrected chi connectivity index (χ2v) is 6.19. The van der Waals surface area contributed by atoms with Gasteiger partial charge in [0.25, 0.3) is 0 Å². The number of piperidine rings is 1. The quantitative estimate of drug-likeness (QED) is 0.774. The average Bonchev–Trinajstić information content (AvgIpc) is 2.98. The molecule has 0 bridgehead atoms. The molecule has 0 atom stereocenters. The molecule has 1 aliphatic heterocycles. The van der Waals surface area contributed by atoms with E-state index in [1.165, 1.54) is 6.20 Å². The van der Waals surface area contributed by atoms with Crippen molar-refractivity contribution in [3.05, 3.63) is 46.9 Å². The molecule has 1 saturated heterocycles. The van der Waals surface area contributed by atoms with E-state index in [1.54, 1.807) is 17.0 Å². The van der Waals surface area contributed by atoms with Gasteiger partial charge in [0.15, 0.2) is 17.2 Å². The lowest BCUT2D eigenvalue weighted by Crippen LogP contribution is -2.37. The number of hydrogen-bond acceptors (Lipinski definition) is 6. The van der Waals surface area contributed by atoms with Gasteiger partial charge in [0.2, 0.25) is 0 Å². The second kappa shape index (κ2) is 6.36. The number of imidazole rings is 1. The Morgan fingerprint density at radius 3 is 2.80 bits per heavy atom. The first-order valence-corrected chi connectivity index (χ1v) is 8.26. The number of aromatic amines is 1. The maximum Gasteiger partial charge on any atom is 0.327 e. The highest BCUT2D eigenvalue weighted by molar-refractivity contribution is 5.69. The molecular weight excluding hydrogens is 318 g/mol. The minimum absolute atomic E-state index is 0.114. The fraction of sp³-hybridized carbons (Fsp3) is 0.353. The first-order chi connectivity index (χ1) is 12.3. The monoisotopic (exact) mass is 335 g/mol. The highest BCUT2D eigenvalue weighted by atomic mass is 16.1. The second-order valence-electron chi connectivity index (χ2n) is 6.19. The molecule has 8 nitrogen and oxygen atoms in total. The average molecular weight is 335 g/mol. The lowest BCUT2D eigenvalue weighted by molar-refractivity contribution is 0.355. The summed E-state index contributed by atoms with van der Waals surface area (Å²) in [5, 5.41) is 9.18. The van der Waals surface area contributed by atoms with E-state index >= 15 is 0 Å². The molecule has 4 heterocycles. The van der Waals surface area contributed by atoms with E-state index in [4.69, 9.17) is 0 Å². The van der Waals surface area contributed by atoms with E-state index in [-0.39, 0.29) is 5.69 Å². The highest BCUT2D eigenvalue weighted by Gasteiger charge is 2.23. The van der Waals surface area contributed by atoms with Crippen LogP contribution >= 0.6 is 0 Å². The van der Waals surface area contributed by atoms with Gasteiger partial charge in [-0.2, -0.15) is 5.26 Å². The Morgan fingerprint density at radius 1 is 1.20 bits per heavy atom. The van der Waals surface area contributed by atoms with Crippen molar-refractivity contribution in [2.75, 3.05) is 18.0 Å². The van der Waals surface area contributed by atoms with E-state index in [1.807, 2.05) is 12.1 Å². The van der Waals surface area contributed by atoms with Crippen LogP contribution in [0, 0.1) is 17.2 Å². The lowest BCUT2D eigenvalue weighted by atomic mass is 9.96. The third-order valence-electron chi connectivity index (χ3n) is 4.67. The van der Waals surface area contributed by atoms with Gasteiger partial charge in [0.05, 0.1) is 5.52 Å². The molecule has 4 rings (SSSR count). The van der Waals surface area contributed by atoms with Crippen molar-refractivity contribution < 1.29 is 0 Å². The van der Waals surface area contributed by atoms with Gasteiger partial charge in [-0.05, 0) is 30.9 Å². The largest absolute Gasteiger partial charge is 0.354 e. The summed E-state index contributed by atoms with van der Waals surface area (Å²) < 4.78 is 1.72. The summed E-state index contributed by atoms with van der Waals surface area (Å²) in [6.45, 7) is 2.24. The van der Waals surface area contributed by atoms with Gasteiger partial charge >= 0.3 is 5.69 Å². The van der Waals surface area contributed by atoms with Crippen LogP contribution in [0.5, 0.6) is 0 Å². The van der Waals surface area contributed by atoms with Crippen molar-refractivity contribution >= 4 is 17.0 Å². The summed E-state index contributed by atoms with van der Waals surface area (Å²) in [4.78, 5) is 29.8. The number of rotatable bonds is 3. The predicted octanol–water partition coefficient (Wildman–Crippen LogP) is 1.30. The Balaban J connectivity index is 1.48. The van der Waals surface area contributed by atoms with Crippen molar-refractivity contribution in [1.82, 2.24) is 24.5 Å². The number of pyridine rings is 1. The normalized spacial score (nSPS) is 15.4. The molecule has 1 aliphatic rings. The molecule has 0 unspecified atom stereocenters. The Hall–Kier alpha value is -3.21. The Kier molecular flexibility index (Phi) is 3.90. The van der Waals surface area contributed by atoms with Gasteiger partial charge in [0, 0.05) is 38.2 Å². The maximum absolute atomic E-state index is 12.2. The lowest BCUT2D eigenvalue weighted by Gasteiger charge is -2.32. The van der Waals surface area contributed by atoms with Crippen LogP contribution < -0.4 is 10.6 Å². The van der Waals surface area contributed by atoms with Gasteiger partial charge in [-0.25, -0.2) is 19.7 Å². The number of hydrogen-bond donors (Lipinski definition) is 1. The Labute approximate surface area is 143 Å². The molecule has 0 amide bonds. The molecule has 0 saturated carbocycles. The van der Waals surface area contributed by atoms with Crippen LogP contribution in [0.1, 0.15) is 18.5 Å². The van der Waals surface area contributed by atoms with Crippen molar-refractivity contribution in [3.63, 3.8) is 0 Å². The summed E-state index contributed by atoms with van der Waals surface area (Å²) in [5.41, 5.74) is 1.72. The molecule has 8 heteroatoms.